The molecule has 10 heteroatoms. The summed E-state index contributed by atoms with van der Waals surface area (Å²) < 4.78 is 2.01. The van der Waals surface area contributed by atoms with Gasteiger partial charge >= 0.3 is 0 Å². The van der Waals surface area contributed by atoms with Crippen LogP contribution < -0.4 is 16.0 Å². The SMILES string of the molecule is O=C1N=c2ccc(Br)cc2=C1c1sc(=S)n(NC(=O)c2cccc(Cl)c2)c1O. The Balaban J connectivity index is 1.80. The largest absolute Gasteiger partial charge is 0.492 e. The van der Waals surface area contributed by atoms with E-state index >= 15 is 0 Å². The van der Waals surface area contributed by atoms with E-state index in [-0.39, 0.29) is 20.3 Å². The van der Waals surface area contributed by atoms with Gasteiger partial charge in [-0.3, -0.25) is 15.0 Å². The molecule has 2 aromatic carbocycles. The van der Waals surface area contributed by atoms with Crippen molar-refractivity contribution in [3.05, 3.63) is 76.9 Å². The van der Waals surface area contributed by atoms with Crippen molar-refractivity contribution in [2.24, 2.45) is 4.99 Å². The number of hydrogen-bond acceptors (Lipinski definition) is 5. The summed E-state index contributed by atoms with van der Waals surface area (Å²) >= 11 is 15.6. The Labute approximate surface area is 180 Å². The highest BCUT2D eigenvalue weighted by atomic mass is 79.9. The third kappa shape index (κ3) is 3.30. The molecule has 140 valence electrons. The minimum atomic E-state index is -0.506. The number of benzene rings is 2. The number of fused-ring (bicyclic) bond motifs is 1. The van der Waals surface area contributed by atoms with Gasteiger partial charge in [0.15, 0.2) is 3.95 Å². The van der Waals surface area contributed by atoms with E-state index < -0.39 is 11.8 Å². The van der Waals surface area contributed by atoms with Crippen LogP contribution in [-0.4, -0.2) is 21.6 Å². The van der Waals surface area contributed by atoms with Crippen LogP contribution in [0.1, 0.15) is 15.2 Å². The minimum Gasteiger partial charge on any atom is -0.492 e. The molecule has 0 atom stereocenters. The molecule has 28 heavy (non-hydrogen) atoms. The summed E-state index contributed by atoms with van der Waals surface area (Å²) in [5.41, 5.74) is 3.06. The molecule has 0 spiro atoms. The van der Waals surface area contributed by atoms with Gasteiger partial charge in [-0.25, -0.2) is 4.99 Å². The van der Waals surface area contributed by atoms with Crippen LogP contribution >= 0.6 is 51.1 Å². The summed E-state index contributed by atoms with van der Waals surface area (Å²) in [6.07, 6.45) is 0. The number of hydrogen-bond donors (Lipinski definition) is 2. The van der Waals surface area contributed by atoms with Crippen molar-refractivity contribution in [1.29, 1.82) is 0 Å². The summed E-state index contributed by atoms with van der Waals surface area (Å²) in [6.45, 7) is 0. The Morgan fingerprint density at radius 2 is 2.07 bits per heavy atom. The molecular formula is C18H9BrClN3O3S2. The number of thiazole rings is 1. The molecule has 0 saturated carbocycles. The molecule has 1 aromatic heterocycles. The third-order valence-electron chi connectivity index (χ3n) is 3.98. The number of aromatic hydroxyl groups is 1. The van der Waals surface area contributed by atoms with Crippen LogP contribution in [-0.2, 0) is 4.79 Å². The van der Waals surface area contributed by atoms with Crippen molar-refractivity contribution < 1.29 is 14.7 Å². The van der Waals surface area contributed by atoms with E-state index in [1.807, 2.05) is 0 Å². The molecule has 2 N–H and O–H groups in total. The van der Waals surface area contributed by atoms with Gasteiger partial charge in [-0.15, -0.1) is 0 Å². The monoisotopic (exact) mass is 493 g/mol. The van der Waals surface area contributed by atoms with Gasteiger partial charge in [0.05, 0.1) is 10.9 Å². The topological polar surface area (TPSA) is 83.7 Å². The van der Waals surface area contributed by atoms with Crippen LogP contribution in [0.2, 0.25) is 5.02 Å². The molecule has 2 heterocycles. The van der Waals surface area contributed by atoms with Crippen LogP contribution in [0, 0.1) is 3.95 Å². The molecule has 3 aromatic rings. The quantitative estimate of drug-likeness (QED) is 0.548. The molecule has 0 radical (unpaired) electrons. The van der Waals surface area contributed by atoms with E-state index in [0.717, 1.165) is 20.5 Å². The first-order valence-corrected chi connectivity index (χ1v) is 10.2. The number of halogens is 2. The molecule has 0 saturated heterocycles. The molecule has 0 fully saturated rings. The van der Waals surface area contributed by atoms with E-state index in [9.17, 15) is 14.7 Å². The maximum absolute atomic E-state index is 12.5. The Morgan fingerprint density at radius 3 is 2.82 bits per heavy atom. The molecule has 4 rings (SSSR count). The lowest BCUT2D eigenvalue weighted by molar-refractivity contribution is -0.112. The van der Waals surface area contributed by atoms with Crippen LogP contribution in [0.3, 0.4) is 0 Å². The zero-order valence-electron chi connectivity index (χ0n) is 13.8. The highest BCUT2D eigenvalue weighted by molar-refractivity contribution is 9.10. The highest BCUT2D eigenvalue weighted by Crippen LogP contribution is 2.32. The molecule has 0 aliphatic carbocycles. The van der Waals surface area contributed by atoms with Gasteiger partial charge in [-0.1, -0.05) is 44.9 Å². The van der Waals surface area contributed by atoms with Crippen molar-refractivity contribution in [1.82, 2.24) is 4.68 Å². The van der Waals surface area contributed by atoms with E-state index in [1.54, 1.807) is 36.4 Å². The number of carbonyl (C=O) groups is 2. The van der Waals surface area contributed by atoms with Crippen molar-refractivity contribution in [2.45, 2.75) is 0 Å². The molecule has 1 aliphatic heterocycles. The summed E-state index contributed by atoms with van der Waals surface area (Å²) in [5.74, 6) is -1.32. The van der Waals surface area contributed by atoms with Crippen molar-refractivity contribution in [2.75, 3.05) is 5.43 Å². The summed E-state index contributed by atoms with van der Waals surface area (Å²) in [6, 6.07) is 11.6. The molecular weight excluding hydrogens is 486 g/mol. The van der Waals surface area contributed by atoms with E-state index in [0.29, 0.717) is 21.2 Å². The number of nitrogens with one attached hydrogen (secondary N) is 1. The first-order chi connectivity index (χ1) is 13.3. The van der Waals surface area contributed by atoms with Crippen LogP contribution in [0.15, 0.2) is 51.9 Å². The van der Waals surface area contributed by atoms with Gasteiger partial charge in [0, 0.05) is 20.3 Å². The van der Waals surface area contributed by atoms with Crippen LogP contribution in [0.4, 0.5) is 0 Å². The van der Waals surface area contributed by atoms with Crippen molar-refractivity contribution in [3.8, 4) is 5.88 Å². The lowest BCUT2D eigenvalue weighted by Gasteiger charge is -2.08. The lowest BCUT2D eigenvalue weighted by Crippen LogP contribution is -2.23. The highest BCUT2D eigenvalue weighted by Gasteiger charge is 2.26. The summed E-state index contributed by atoms with van der Waals surface area (Å²) in [4.78, 5) is 29.1. The number of amides is 2. The Kier molecular flexibility index (Phi) is 4.92. The second-order valence-electron chi connectivity index (χ2n) is 5.76. The number of carbonyl (C=O) groups excluding carboxylic acids is 2. The van der Waals surface area contributed by atoms with Crippen LogP contribution in [0.5, 0.6) is 5.88 Å². The van der Waals surface area contributed by atoms with E-state index in [4.69, 9.17) is 23.8 Å². The molecule has 1 aliphatic rings. The van der Waals surface area contributed by atoms with Gasteiger partial charge in [0.1, 0.15) is 4.88 Å². The van der Waals surface area contributed by atoms with Gasteiger partial charge in [-0.05, 0) is 48.6 Å². The van der Waals surface area contributed by atoms with E-state index in [2.05, 4.69) is 26.3 Å². The van der Waals surface area contributed by atoms with Gasteiger partial charge in [-0.2, -0.15) is 4.68 Å². The predicted octanol–water partition coefficient (Wildman–Crippen LogP) is 3.14. The number of nitrogens with zero attached hydrogens (tertiary/aromatic N) is 2. The van der Waals surface area contributed by atoms with E-state index in [1.165, 1.54) is 6.07 Å². The summed E-state index contributed by atoms with van der Waals surface area (Å²) in [7, 11) is 0. The molecule has 0 unspecified atom stereocenters. The van der Waals surface area contributed by atoms with Gasteiger partial charge in [0.2, 0.25) is 5.88 Å². The lowest BCUT2D eigenvalue weighted by atomic mass is 10.1. The summed E-state index contributed by atoms with van der Waals surface area (Å²) in [5, 5.41) is 12.2. The third-order valence-corrected chi connectivity index (χ3v) is 6.09. The zero-order chi connectivity index (χ0) is 20.0. The average molecular weight is 495 g/mol. The molecule has 0 bridgehead atoms. The Hall–Kier alpha value is -2.33. The molecule has 6 nitrogen and oxygen atoms in total. The normalized spacial score (nSPS) is 12.6. The molecule has 2 amide bonds. The minimum absolute atomic E-state index is 0.173. The van der Waals surface area contributed by atoms with Gasteiger partial charge in [0.25, 0.3) is 11.8 Å². The standard InChI is InChI=1S/C18H9BrClN3O3S2/c19-9-4-5-12-11(7-9)13(16(25)21-12)14-17(26)23(18(27)28-14)22-15(24)8-2-1-3-10(20)6-8/h1-7,26H,(H,22,24). The maximum Gasteiger partial charge on any atom is 0.279 e. The van der Waals surface area contributed by atoms with Crippen LogP contribution in [0.25, 0.3) is 5.57 Å². The average Bonchev–Trinajstić information content (AvgIpc) is 3.11. The van der Waals surface area contributed by atoms with Crippen molar-refractivity contribution >= 4 is 68.5 Å². The fraction of sp³-hybridized carbons (Fsp3) is 0. The predicted molar refractivity (Wildman–Crippen MR) is 112 cm³/mol. The second kappa shape index (κ2) is 7.25. The van der Waals surface area contributed by atoms with Crippen molar-refractivity contribution in [3.63, 3.8) is 0 Å². The zero-order valence-corrected chi connectivity index (χ0v) is 17.7. The first kappa shape index (κ1) is 19.0. The van der Waals surface area contributed by atoms with Gasteiger partial charge < -0.3 is 5.11 Å². The number of aromatic nitrogens is 1. The Morgan fingerprint density at radius 1 is 1.29 bits per heavy atom. The number of rotatable bonds is 3. The maximum atomic E-state index is 12.5. The first-order valence-electron chi connectivity index (χ1n) is 7.80. The Bertz CT molecular complexity index is 1350. The second-order valence-corrected chi connectivity index (χ2v) is 8.76. The fourth-order valence-corrected chi connectivity index (χ4v) is 4.54. The fourth-order valence-electron chi connectivity index (χ4n) is 2.73. The smallest absolute Gasteiger partial charge is 0.279 e.